The Morgan fingerprint density at radius 3 is 2.74 bits per heavy atom. The van der Waals surface area contributed by atoms with Crippen molar-refractivity contribution in [2.75, 3.05) is 33.9 Å². The van der Waals surface area contributed by atoms with Gasteiger partial charge in [-0.1, -0.05) is 24.6 Å². The topological polar surface area (TPSA) is 76.2 Å². The van der Waals surface area contributed by atoms with Crippen LogP contribution in [0.3, 0.4) is 0 Å². The molecule has 1 aromatic carbocycles. The van der Waals surface area contributed by atoms with Crippen LogP contribution >= 0.6 is 0 Å². The molecule has 3 amide bonds. The van der Waals surface area contributed by atoms with Gasteiger partial charge in [0.15, 0.2) is 0 Å². The number of ether oxygens (including phenoxy) is 2. The summed E-state index contributed by atoms with van der Waals surface area (Å²) in [4.78, 5) is 43.5. The van der Waals surface area contributed by atoms with E-state index in [1.807, 2.05) is 23.1 Å². The first kappa shape index (κ1) is 21.8. The van der Waals surface area contributed by atoms with Crippen LogP contribution in [0.1, 0.15) is 50.5 Å². The first-order valence-corrected chi connectivity index (χ1v) is 11.3. The molecule has 0 unspecified atom stereocenters. The maximum Gasteiger partial charge on any atom is 0.241 e. The predicted octanol–water partition coefficient (Wildman–Crippen LogP) is 2.52. The minimum atomic E-state index is -1.22. The number of fused-ring (bicyclic) bond motifs is 2. The zero-order chi connectivity index (χ0) is 22.0. The second-order valence-corrected chi connectivity index (χ2v) is 9.07. The summed E-state index contributed by atoms with van der Waals surface area (Å²) < 4.78 is 10.6. The van der Waals surface area contributed by atoms with Crippen molar-refractivity contribution in [3.8, 4) is 5.75 Å². The first-order valence-electron chi connectivity index (χ1n) is 11.3. The average molecular weight is 429 g/mol. The van der Waals surface area contributed by atoms with Crippen LogP contribution < -0.4 is 4.74 Å². The van der Waals surface area contributed by atoms with E-state index in [2.05, 4.69) is 0 Å². The highest BCUT2D eigenvalue weighted by atomic mass is 16.5. The average Bonchev–Trinajstić information content (AvgIpc) is 3.20. The van der Waals surface area contributed by atoms with E-state index in [4.69, 9.17) is 9.47 Å². The fourth-order valence-electron chi connectivity index (χ4n) is 5.68. The Labute approximate surface area is 183 Å². The van der Waals surface area contributed by atoms with Crippen LogP contribution in [0.25, 0.3) is 0 Å². The van der Waals surface area contributed by atoms with Gasteiger partial charge < -0.3 is 14.4 Å². The maximum atomic E-state index is 13.7. The normalized spacial score (nSPS) is 27.8. The highest BCUT2D eigenvalue weighted by Gasteiger charge is 2.55. The minimum absolute atomic E-state index is 0.00193. The molecule has 3 fully saturated rings. The number of rotatable bonds is 8. The molecule has 1 saturated carbocycles. The summed E-state index contributed by atoms with van der Waals surface area (Å²) in [6.45, 7) is 1.53. The van der Waals surface area contributed by atoms with Crippen LogP contribution in [0.2, 0.25) is 0 Å². The van der Waals surface area contributed by atoms with Crippen LogP contribution in [0, 0.1) is 5.92 Å². The summed E-state index contributed by atoms with van der Waals surface area (Å²) in [5, 5.41) is 0. The van der Waals surface area contributed by atoms with Gasteiger partial charge in [0.25, 0.3) is 0 Å². The van der Waals surface area contributed by atoms with E-state index in [9.17, 15) is 14.4 Å². The lowest BCUT2D eigenvalue weighted by atomic mass is 9.75. The van der Waals surface area contributed by atoms with Gasteiger partial charge in [-0.25, -0.2) is 0 Å². The molecule has 0 aromatic heterocycles. The van der Waals surface area contributed by atoms with Crippen LogP contribution in [-0.4, -0.2) is 67.5 Å². The van der Waals surface area contributed by atoms with Crippen LogP contribution in [0.5, 0.6) is 5.75 Å². The fourth-order valence-corrected chi connectivity index (χ4v) is 5.68. The van der Waals surface area contributed by atoms with Crippen molar-refractivity contribution < 1.29 is 23.9 Å². The Morgan fingerprint density at radius 1 is 1.19 bits per heavy atom. The van der Waals surface area contributed by atoms with Crippen molar-refractivity contribution in [3.05, 3.63) is 29.8 Å². The van der Waals surface area contributed by atoms with Crippen molar-refractivity contribution in [2.45, 2.75) is 56.4 Å². The van der Waals surface area contributed by atoms with Gasteiger partial charge in [0, 0.05) is 51.3 Å². The first-order chi connectivity index (χ1) is 15.0. The smallest absolute Gasteiger partial charge is 0.241 e. The SMILES string of the molecule is COCCCN1C(=O)C[C@@](CC(=O)N2C[C@H]3CCC[C@@H]2C3)(c2ccccc2OC)C1=O. The number of methoxy groups -OCH3 is 2. The number of benzene rings is 1. The van der Waals surface area contributed by atoms with Crippen molar-refractivity contribution in [2.24, 2.45) is 5.92 Å². The third kappa shape index (κ3) is 3.95. The number of hydrogen-bond acceptors (Lipinski definition) is 5. The van der Waals surface area contributed by atoms with Gasteiger partial charge in [0.05, 0.1) is 12.5 Å². The third-order valence-electron chi connectivity index (χ3n) is 7.19. The molecule has 4 rings (SSSR count). The largest absolute Gasteiger partial charge is 0.496 e. The maximum absolute atomic E-state index is 13.7. The summed E-state index contributed by atoms with van der Waals surface area (Å²) in [6.07, 6.45) is 4.97. The third-order valence-corrected chi connectivity index (χ3v) is 7.19. The molecule has 0 N–H and O–H groups in total. The molecular weight excluding hydrogens is 396 g/mol. The lowest BCUT2D eigenvalue weighted by Crippen LogP contribution is -2.45. The van der Waals surface area contributed by atoms with Gasteiger partial charge in [-0.3, -0.25) is 19.3 Å². The standard InChI is InChI=1S/C24H32N2O5/c1-30-12-6-11-25-21(27)14-24(23(25)29,19-9-3-4-10-20(19)31-2)15-22(28)26-16-17-7-5-8-18(26)13-17/h3-4,9-10,17-18H,5-8,11-16H2,1-2H3/t17-,18+,24+/m0/s1. The van der Waals surface area contributed by atoms with Gasteiger partial charge in [0.2, 0.25) is 17.7 Å². The number of imide groups is 1. The van der Waals surface area contributed by atoms with Crippen molar-refractivity contribution in [1.82, 2.24) is 9.80 Å². The van der Waals surface area contributed by atoms with Gasteiger partial charge in [-0.05, 0) is 37.7 Å². The molecule has 3 aliphatic rings. The number of carbonyl (C=O) groups is 3. The number of hydrogen-bond donors (Lipinski definition) is 0. The van der Waals surface area contributed by atoms with E-state index in [-0.39, 0.29) is 36.6 Å². The Balaban J connectivity index is 1.66. The van der Waals surface area contributed by atoms with E-state index in [1.54, 1.807) is 20.3 Å². The van der Waals surface area contributed by atoms with E-state index < -0.39 is 5.41 Å². The van der Waals surface area contributed by atoms with Gasteiger partial charge >= 0.3 is 0 Å². The van der Waals surface area contributed by atoms with E-state index in [0.29, 0.717) is 36.8 Å². The quantitative estimate of drug-likeness (QED) is 0.470. The molecule has 7 heteroatoms. The summed E-state index contributed by atoms with van der Waals surface area (Å²) in [5.41, 5.74) is -0.592. The van der Waals surface area contributed by atoms with Crippen LogP contribution in [-0.2, 0) is 24.5 Å². The minimum Gasteiger partial charge on any atom is -0.496 e. The highest BCUT2D eigenvalue weighted by Crippen LogP contribution is 2.45. The Bertz CT molecular complexity index is 856. The Hall–Kier alpha value is -2.41. The van der Waals surface area contributed by atoms with Crippen LogP contribution in [0.4, 0.5) is 0 Å². The molecule has 168 valence electrons. The molecule has 1 aromatic rings. The van der Waals surface area contributed by atoms with Gasteiger partial charge in [0.1, 0.15) is 5.75 Å². The second-order valence-electron chi connectivity index (χ2n) is 9.07. The van der Waals surface area contributed by atoms with Gasteiger partial charge in [-0.2, -0.15) is 0 Å². The Kier molecular flexibility index (Phi) is 6.32. The molecular formula is C24H32N2O5. The van der Waals surface area contributed by atoms with E-state index in [0.717, 1.165) is 25.8 Å². The second kappa shape index (κ2) is 8.99. The lowest BCUT2D eigenvalue weighted by molar-refractivity contribution is -0.143. The molecule has 7 nitrogen and oxygen atoms in total. The molecule has 0 spiro atoms. The number of amides is 3. The zero-order valence-electron chi connectivity index (χ0n) is 18.5. The summed E-state index contributed by atoms with van der Waals surface area (Å²) in [5.74, 6) is 0.542. The monoisotopic (exact) mass is 428 g/mol. The molecule has 31 heavy (non-hydrogen) atoms. The van der Waals surface area contributed by atoms with E-state index >= 15 is 0 Å². The zero-order valence-corrected chi connectivity index (χ0v) is 18.5. The number of likely N-dealkylation sites (tertiary alicyclic amines) is 2. The highest BCUT2D eigenvalue weighted by molar-refractivity contribution is 6.11. The van der Waals surface area contributed by atoms with Gasteiger partial charge in [-0.15, -0.1) is 0 Å². The summed E-state index contributed by atoms with van der Waals surface area (Å²) >= 11 is 0. The molecule has 1 aliphatic carbocycles. The Morgan fingerprint density at radius 2 is 2.00 bits per heavy atom. The van der Waals surface area contributed by atoms with Crippen molar-refractivity contribution >= 4 is 17.7 Å². The molecule has 2 aliphatic heterocycles. The van der Waals surface area contributed by atoms with Crippen molar-refractivity contribution in [1.29, 1.82) is 0 Å². The van der Waals surface area contributed by atoms with E-state index in [1.165, 1.54) is 11.3 Å². The molecule has 2 saturated heterocycles. The van der Waals surface area contributed by atoms with Crippen LogP contribution in [0.15, 0.2) is 24.3 Å². The molecule has 2 bridgehead atoms. The predicted molar refractivity (Wildman–Crippen MR) is 115 cm³/mol. The molecule has 0 radical (unpaired) electrons. The lowest BCUT2D eigenvalue weighted by Gasteiger charge is -2.32. The fraction of sp³-hybridized carbons (Fsp3) is 0.625. The summed E-state index contributed by atoms with van der Waals surface area (Å²) in [7, 11) is 3.15. The number of nitrogens with zero attached hydrogens (tertiary/aromatic N) is 2. The summed E-state index contributed by atoms with van der Waals surface area (Å²) in [6, 6.07) is 7.54. The number of carbonyl (C=O) groups excluding carboxylic acids is 3. The molecule has 3 atom stereocenters. The van der Waals surface area contributed by atoms with Crippen molar-refractivity contribution in [3.63, 3.8) is 0 Å². The molecule has 2 heterocycles. The number of para-hydroxylation sites is 1.